The first-order chi connectivity index (χ1) is 26.3. The van der Waals surface area contributed by atoms with Gasteiger partial charge in [-0.15, -0.1) is 0 Å². The van der Waals surface area contributed by atoms with Crippen LogP contribution >= 0.6 is 0 Å². The van der Waals surface area contributed by atoms with Gasteiger partial charge in [-0.25, -0.2) is 15.0 Å². The van der Waals surface area contributed by atoms with Crippen molar-refractivity contribution in [3.05, 3.63) is 156 Å². The van der Waals surface area contributed by atoms with Gasteiger partial charge in [-0.3, -0.25) is 0 Å². The maximum Gasteiger partial charge on any atom is 0.167 e. The van der Waals surface area contributed by atoms with Crippen LogP contribution in [-0.2, 0) is 16.2 Å². The number of hydrogen-bond acceptors (Lipinski definition) is 4. The number of benzene rings is 6. The molecule has 55 heavy (non-hydrogen) atoms. The molecule has 1 aliphatic heterocycles. The van der Waals surface area contributed by atoms with Crippen LogP contribution < -0.4 is 4.74 Å². The Hall–Kier alpha value is -6.07. The maximum atomic E-state index is 7.28. The third kappa shape index (κ3) is 5.81. The molecule has 0 unspecified atom stereocenters. The SMILES string of the molecule is CC(C)(C)c1ccc2c(c1)c1cc(C(C)(C)C)ccc1n2-c1cccc2c1Oc1c(-c3nc(-c4ccccc4)nc(-c4ccccc4)n3)cccc1C2(C)C. The number of nitrogens with zero attached hydrogens (tertiary/aromatic N) is 4. The first-order valence-electron chi connectivity index (χ1n) is 19.2. The quantitative estimate of drug-likeness (QED) is 0.182. The van der Waals surface area contributed by atoms with Crippen molar-refractivity contribution in [2.75, 3.05) is 0 Å². The molecule has 0 saturated heterocycles. The van der Waals surface area contributed by atoms with E-state index in [1.165, 1.54) is 21.9 Å². The van der Waals surface area contributed by atoms with E-state index in [9.17, 15) is 0 Å². The Bertz CT molecular complexity index is 2640. The van der Waals surface area contributed by atoms with Crippen LogP contribution in [0.5, 0.6) is 11.5 Å². The van der Waals surface area contributed by atoms with Crippen molar-refractivity contribution in [3.63, 3.8) is 0 Å². The minimum Gasteiger partial charge on any atom is -0.454 e. The number of hydrogen-bond donors (Lipinski definition) is 0. The van der Waals surface area contributed by atoms with E-state index in [0.29, 0.717) is 17.5 Å². The summed E-state index contributed by atoms with van der Waals surface area (Å²) in [6, 6.07) is 47.1. The number of aromatic nitrogens is 4. The van der Waals surface area contributed by atoms with E-state index in [0.717, 1.165) is 56.0 Å². The van der Waals surface area contributed by atoms with Crippen LogP contribution in [0.2, 0.25) is 0 Å². The molecule has 0 amide bonds. The Morgan fingerprint density at radius 1 is 0.491 bits per heavy atom. The van der Waals surface area contributed by atoms with Crippen LogP contribution in [0.4, 0.5) is 0 Å². The first-order valence-corrected chi connectivity index (χ1v) is 19.2. The molecular formula is C50H46N4O. The van der Waals surface area contributed by atoms with E-state index in [1.54, 1.807) is 0 Å². The molecule has 0 bridgehead atoms. The second-order valence-electron chi connectivity index (χ2n) is 17.4. The van der Waals surface area contributed by atoms with Crippen molar-refractivity contribution < 1.29 is 4.74 Å². The molecular weight excluding hydrogens is 673 g/mol. The largest absolute Gasteiger partial charge is 0.454 e. The Morgan fingerprint density at radius 2 is 0.964 bits per heavy atom. The van der Waals surface area contributed by atoms with Crippen LogP contribution in [0.15, 0.2) is 133 Å². The number of fused-ring (bicyclic) bond motifs is 5. The van der Waals surface area contributed by atoms with E-state index >= 15 is 0 Å². The Balaban J connectivity index is 1.28. The molecule has 0 aliphatic carbocycles. The van der Waals surface area contributed by atoms with Crippen molar-refractivity contribution in [1.29, 1.82) is 0 Å². The fourth-order valence-corrected chi connectivity index (χ4v) is 8.01. The lowest BCUT2D eigenvalue weighted by atomic mass is 9.75. The standard InChI is InChI=1S/C50H46N4O/c1-48(2,3)33-25-27-40-36(29-33)37-30-34(49(4,5)6)26-28-41(37)54(40)42-24-16-23-39-44(42)55-43-35(21-15-22-38(43)50(39,7)8)47-52-45(31-17-11-9-12-18-31)51-46(53-47)32-19-13-10-14-20-32/h9-30H,1-8H3. The molecule has 0 fully saturated rings. The fourth-order valence-electron chi connectivity index (χ4n) is 8.01. The molecule has 6 aromatic carbocycles. The summed E-state index contributed by atoms with van der Waals surface area (Å²) in [6.07, 6.45) is 0. The van der Waals surface area contributed by atoms with Gasteiger partial charge in [-0.05, 0) is 58.4 Å². The van der Waals surface area contributed by atoms with E-state index in [2.05, 4.69) is 133 Å². The molecule has 3 heterocycles. The van der Waals surface area contributed by atoms with Crippen molar-refractivity contribution >= 4 is 21.8 Å². The molecule has 0 saturated carbocycles. The summed E-state index contributed by atoms with van der Waals surface area (Å²) in [4.78, 5) is 15.2. The Kier molecular flexibility index (Phi) is 7.88. The second-order valence-corrected chi connectivity index (χ2v) is 17.4. The molecule has 9 rings (SSSR count). The molecule has 8 aromatic rings. The summed E-state index contributed by atoms with van der Waals surface area (Å²) < 4.78 is 9.68. The van der Waals surface area contributed by atoms with Crippen LogP contribution in [0.1, 0.15) is 77.6 Å². The fraction of sp³-hybridized carbons (Fsp3) is 0.220. The van der Waals surface area contributed by atoms with Gasteiger partial charge >= 0.3 is 0 Å². The highest BCUT2D eigenvalue weighted by Crippen LogP contribution is 2.53. The van der Waals surface area contributed by atoms with Gasteiger partial charge in [-0.1, -0.05) is 152 Å². The second kappa shape index (κ2) is 12.5. The van der Waals surface area contributed by atoms with Gasteiger partial charge in [0.25, 0.3) is 0 Å². The predicted octanol–water partition coefficient (Wildman–Crippen LogP) is 13.0. The number of para-hydroxylation sites is 2. The van der Waals surface area contributed by atoms with Crippen molar-refractivity contribution in [3.8, 4) is 51.3 Å². The molecule has 0 atom stereocenters. The summed E-state index contributed by atoms with van der Waals surface area (Å²) in [6.45, 7) is 18.3. The minimum atomic E-state index is -0.385. The average Bonchev–Trinajstić information content (AvgIpc) is 3.50. The zero-order valence-electron chi connectivity index (χ0n) is 32.9. The molecule has 0 radical (unpaired) electrons. The van der Waals surface area contributed by atoms with Gasteiger partial charge in [0.05, 0.1) is 22.3 Å². The molecule has 0 N–H and O–H groups in total. The van der Waals surface area contributed by atoms with Crippen LogP contribution in [0.3, 0.4) is 0 Å². The van der Waals surface area contributed by atoms with Crippen molar-refractivity contribution in [2.45, 2.75) is 71.6 Å². The molecule has 272 valence electrons. The normalized spacial score (nSPS) is 13.7. The lowest BCUT2D eigenvalue weighted by Gasteiger charge is -2.36. The van der Waals surface area contributed by atoms with Gasteiger partial charge in [0.1, 0.15) is 5.75 Å². The third-order valence-corrected chi connectivity index (χ3v) is 11.2. The van der Waals surface area contributed by atoms with Crippen LogP contribution in [0, 0.1) is 0 Å². The van der Waals surface area contributed by atoms with Gasteiger partial charge in [0.15, 0.2) is 23.2 Å². The Morgan fingerprint density at radius 3 is 1.47 bits per heavy atom. The highest BCUT2D eigenvalue weighted by Gasteiger charge is 2.38. The Labute approximate surface area is 323 Å². The zero-order valence-corrected chi connectivity index (χ0v) is 32.9. The molecule has 2 aromatic heterocycles. The van der Waals surface area contributed by atoms with Crippen molar-refractivity contribution in [1.82, 2.24) is 19.5 Å². The highest BCUT2D eigenvalue weighted by atomic mass is 16.5. The molecule has 1 aliphatic rings. The van der Waals surface area contributed by atoms with E-state index < -0.39 is 0 Å². The van der Waals surface area contributed by atoms with Crippen LogP contribution in [-0.4, -0.2) is 19.5 Å². The van der Waals surface area contributed by atoms with E-state index in [4.69, 9.17) is 19.7 Å². The van der Waals surface area contributed by atoms with Crippen molar-refractivity contribution in [2.24, 2.45) is 0 Å². The molecule has 5 heteroatoms. The monoisotopic (exact) mass is 718 g/mol. The topological polar surface area (TPSA) is 52.8 Å². The first kappa shape index (κ1) is 34.7. The molecule has 0 spiro atoms. The average molecular weight is 719 g/mol. The lowest BCUT2D eigenvalue weighted by molar-refractivity contribution is 0.418. The summed E-state index contributed by atoms with van der Waals surface area (Å²) in [5.41, 5.74) is 10.5. The van der Waals surface area contributed by atoms with Gasteiger partial charge in [0, 0.05) is 38.4 Å². The van der Waals surface area contributed by atoms with E-state index in [-0.39, 0.29) is 16.2 Å². The third-order valence-electron chi connectivity index (χ3n) is 11.2. The molecule has 5 nitrogen and oxygen atoms in total. The smallest absolute Gasteiger partial charge is 0.167 e. The lowest BCUT2D eigenvalue weighted by Crippen LogP contribution is -2.25. The summed E-state index contributed by atoms with van der Waals surface area (Å²) in [5, 5.41) is 2.49. The minimum absolute atomic E-state index is 0.0131. The maximum absolute atomic E-state index is 7.28. The van der Waals surface area contributed by atoms with E-state index in [1.807, 2.05) is 60.7 Å². The van der Waals surface area contributed by atoms with Gasteiger partial charge in [0.2, 0.25) is 0 Å². The number of ether oxygens (including phenoxy) is 1. The van der Waals surface area contributed by atoms with Gasteiger partial charge in [-0.2, -0.15) is 0 Å². The summed E-state index contributed by atoms with van der Waals surface area (Å²) in [7, 11) is 0. The summed E-state index contributed by atoms with van der Waals surface area (Å²) in [5.74, 6) is 3.41. The predicted molar refractivity (Wildman–Crippen MR) is 227 cm³/mol. The van der Waals surface area contributed by atoms with Crippen LogP contribution in [0.25, 0.3) is 61.7 Å². The highest BCUT2D eigenvalue weighted by molar-refractivity contribution is 6.10. The number of rotatable bonds is 4. The summed E-state index contributed by atoms with van der Waals surface area (Å²) >= 11 is 0. The van der Waals surface area contributed by atoms with Gasteiger partial charge < -0.3 is 9.30 Å². The zero-order chi connectivity index (χ0) is 38.3.